The van der Waals surface area contributed by atoms with E-state index in [0.29, 0.717) is 0 Å². The van der Waals surface area contributed by atoms with Crippen molar-refractivity contribution in [2.45, 2.75) is 26.2 Å². The molecule has 0 aromatic rings. The number of carbonyl (C=O) groups excluding carboxylic acids is 2. The number of aliphatic hydroxyl groups is 2. The molecule has 0 saturated carbocycles. The fourth-order valence-corrected chi connectivity index (χ4v) is 0.549. The van der Waals surface area contributed by atoms with E-state index in [1.807, 2.05) is 0 Å². The topological polar surface area (TPSA) is 74.6 Å². The number of rotatable bonds is 2. The molecule has 0 rings (SSSR count). The predicted octanol–water partition coefficient (Wildman–Crippen LogP) is 3.16. The van der Waals surface area contributed by atoms with Crippen LogP contribution in [0.15, 0.2) is 23.7 Å². The van der Waals surface area contributed by atoms with E-state index < -0.39 is 35.4 Å². The van der Waals surface area contributed by atoms with Gasteiger partial charge in [-0.05, 0) is 13.8 Å². The third-order valence-corrected chi connectivity index (χ3v) is 1.26. The van der Waals surface area contributed by atoms with Crippen molar-refractivity contribution in [2.75, 3.05) is 0 Å². The summed E-state index contributed by atoms with van der Waals surface area (Å²) >= 11 is 0. The van der Waals surface area contributed by atoms with Gasteiger partial charge in [-0.15, -0.1) is 0 Å². The third kappa shape index (κ3) is 14.7. The number of allylic oxidation sites excluding steroid dienone is 4. The molecule has 0 atom stereocenters. The number of alkyl halides is 6. The first kappa shape index (κ1) is 24.5. The fraction of sp³-hybridized carbons (Fsp3) is 0.400. The maximum atomic E-state index is 11.3. The Bertz CT molecular complexity index is 382. The summed E-state index contributed by atoms with van der Waals surface area (Å²) in [5.74, 6) is -5.40. The summed E-state index contributed by atoms with van der Waals surface area (Å²) in [6.45, 7) is 1.84. The van der Waals surface area contributed by atoms with Gasteiger partial charge in [-0.3, -0.25) is 9.59 Å². The van der Waals surface area contributed by atoms with Crippen LogP contribution in [0.25, 0.3) is 0 Å². The summed E-state index contributed by atoms with van der Waals surface area (Å²) in [4.78, 5) is 19.9. The van der Waals surface area contributed by atoms with Crippen LogP contribution < -0.4 is 0 Å². The van der Waals surface area contributed by atoms with Crippen molar-refractivity contribution in [3.63, 3.8) is 0 Å². The van der Waals surface area contributed by atoms with Gasteiger partial charge in [-0.1, -0.05) is 0 Å². The van der Waals surface area contributed by atoms with E-state index in [2.05, 4.69) is 0 Å². The van der Waals surface area contributed by atoms with E-state index in [0.717, 1.165) is 13.8 Å². The van der Waals surface area contributed by atoms with Crippen molar-refractivity contribution in [1.29, 1.82) is 0 Å². The maximum Gasteiger partial charge on any atom is 0.448 e. The quantitative estimate of drug-likeness (QED) is 0.342. The Morgan fingerprint density at radius 3 is 1.00 bits per heavy atom. The largest absolute Gasteiger partial charge is 0.504 e. The molecule has 123 valence electrons. The van der Waals surface area contributed by atoms with Crippen LogP contribution >= 0.6 is 0 Å². The molecule has 0 saturated heterocycles. The molecule has 21 heavy (non-hydrogen) atoms. The molecule has 0 fully saturated rings. The molecule has 0 aliphatic rings. The second-order valence-corrected chi connectivity index (χ2v) is 3.28. The molecule has 0 heterocycles. The SMILES string of the molecule is CC(=O)/C=C(\O)C(F)(F)F.CC(=O)/C=C(\O)C(F)(F)F.[Mn]. The van der Waals surface area contributed by atoms with E-state index in [9.17, 15) is 35.9 Å². The summed E-state index contributed by atoms with van der Waals surface area (Å²) < 4.78 is 68.0. The van der Waals surface area contributed by atoms with Crippen molar-refractivity contribution in [3.05, 3.63) is 23.7 Å². The zero-order valence-electron chi connectivity index (χ0n) is 10.5. The minimum atomic E-state index is -4.81. The van der Waals surface area contributed by atoms with Crippen LogP contribution in [0, 0.1) is 0 Å². The molecule has 0 aromatic heterocycles. The maximum absolute atomic E-state index is 11.3. The van der Waals surface area contributed by atoms with E-state index in [1.165, 1.54) is 0 Å². The Morgan fingerprint density at radius 2 is 0.952 bits per heavy atom. The van der Waals surface area contributed by atoms with Crippen molar-refractivity contribution in [3.8, 4) is 0 Å². The van der Waals surface area contributed by atoms with Crippen LogP contribution in [0.3, 0.4) is 0 Å². The van der Waals surface area contributed by atoms with Crippen LogP contribution in [0.4, 0.5) is 26.3 Å². The molecular formula is C10H10F6MnO4. The predicted molar refractivity (Wildman–Crippen MR) is 54.9 cm³/mol. The average Bonchev–Trinajstić information content (AvgIpc) is 2.13. The van der Waals surface area contributed by atoms with Crippen molar-refractivity contribution in [1.82, 2.24) is 0 Å². The first-order chi connectivity index (χ1) is 8.67. The molecular weight excluding hydrogens is 353 g/mol. The van der Waals surface area contributed by atoms with Gasteiger partial charge in [0, 0.05) is 29.2 Å². The monoisotopic (exact) mass is 363 g/mol. The first-order valence-corrected chi connectivity index (χ1v) is 4.64. The minimum absolute atomic E-state index is 0. The number of ketones is 2. The number of carbonyl (C=O) groups is 2. The summed E-state index contributed by atoms with van der Waals surface area (Å²) in [6, 6.07) is 0. The zero-order valence-corrected chi connectivity index (χ0v) is 11.7. The standard InChI is InChI=1S/2C5H5F3O2.Mn/c2*1-3(9)2-4(10)5(6,7)8;/h2*2,10H,1H3;/b2*4-2-;. The summed E-state index contributed by atoms with van der Waals surface area (Å²) in [6.07, 6.45) is -9.38. The molecule has 0 aliphatic heterocycles. The Balaban J connectivity index is -0.000000295. The summed E-state index contributed by atoms with van der Waals surface area (Å²) in [5, 5.41) is 16.1. The van der Waals surface area contributed by atoms with E-state index in [1.54, 1.807) is 0 Å². The normalized spacial score (nSPS) is 12.8. The van der Waals surface area contributed by atoms with Crippen LogP contribution in [0.5, 0.6) is 0 Å². The molecule has 0 aromatic carbocycles. The molecule has 0 unspecified atom stereocenters. The molecule has 0 aliphatic carbocycles. The Hall–Kier alpha value is -1.48. The van der Waals surface area contributed by atoms with E-state index in [4.69, 9.17) is 10.2 Å². The van der Waals surface area contributed by atoms with Gasteiger partial charge in [0.05, 0.1) is 0 Å². The van der Waals surface area contributed by atoms with Gasteiger partial charge in [0.25, 0.3) is 0 Å². The van der Waals surface area contributed by atoms with E-state index in [-0.39, 0.29) is 29.2 Å². The second kappa shape index (κ2) is 9.45. The smallest absolute Gasteiger partial charge is 0.448 e. The average molecular weight is 363 g/mol. The van der Waals surface area contributed by atoms with Crippen LogP contribution in [-0.4, -0.2) is 34.1 Å². The van der Waals surface area contributed by atoms with Gasteiger partial charge in [-0.2, -0.15) is 26.3 Å². The van der Waals surface area contributed by atoms with Crippen molar-refractivity contribution in [2.24, 2.45) is 0 Å². The zero-order chi connectivity index (χ0) is 16.7. The molecule has 1 radical (unpaired) electrons. The summed E-state index contributed by atoms with van der Waals surface area (Å²) in [7, 11) is 0. The van der Waals surface area contributed by atoms with Gasteiger partial charge < -0.3 is 10.2 Å². The Kier molecular flexibility index (Phi) is 11.0. The first-order valence-electron chi connectivity index (χ1n) is 4.64. The van der Waals surface area contributed by atoms with Gasteiger partial charge in [0.2, 0.25) is 11.5 Å². The van der Waals surface area contributed by atoms with Gasteiger partial charge in [0.15, 0.2) is 11.6 Å². The molecule has 0 amide bonds. The van der Waals surface area contributed by atoms with Crippen molar-refractivity contribution < 1.29 is 63.2 Å². The molecule has 0 bridgehead atoms. The number of aliphatic hydroxyl groups excluding tert-OH is 2. The molecule has 11 heteroatoms. The van der Waals surface area contributed by atoms with Gasteiger partial charge in [-0.25, -0.2) is 0 Å². The van der Waals surface area contributed by atoms with Gasteiger partial charge in [0.1, 0.15) is 0 Å². The molecule has 2 N–H and O–H groups in total. The second-order valence-electron chi connectivity index (χ2n) is 3.28. The minimum Gasteiger partial charge on any atom is -0.504 e. The summed E-state index contributed by atoms with van der Waals surface area (Å²) in [5.41, 5.74) is 0. The number of hydrogen-bond acceptors (Lipinski definition) is 4. The fourth-order valence-electron chi connectivity index (χ4n) is 0.549. The van der Waals surface area contributed by atoms with Crippen LogP contribution in [-0.2, 0) is 26.7 Å². The third-order valence-electron chi connectivity index (χ3n) is 1.26. The van der Waals surface area contributed by atoms with E-state index >= 15 is 0 Å². The Morgan fingerprint density at radius 1 is 0.762 bits per heavy atom. The van der Waals surface area contributed by atoms with Crippen molar-refractivity contribution >= 4 is 11.6 Å². The number of halogens is 6. The Labute approximate surface area is 125 Å². The van der Waals surface area contributed by atoms with Gasteiger partial charge >= 0.3 is 12.4 Å². The number of hydrogen-bond donors (Lipinski definition) is 2. The molecule has 4 nitrogen and oxygen atoms in total. The van der Waals surface area contributed by atoms with Crippen LogP contribution in [0.2, 0.25) is 0 Å². The van der Waals surface area contributed by atoms with Crippen LogP contribution in [0.1, 0.15) is 13.8 Å². The molecule has 0 spiro atoms.